The summed E-state index contributed by atoms with van der Waals surface area (Å²) in [5.74, 6) is 0.190. The van der Waals surface area contributed by atoms with Gasteiger partial charge in [-0.1, -0.05) is 6.07 Å². The molecular formula is C17H18O4. The second kappa shape index (κ2) is 5.64. The van der Waals surface area contributed by atoms with E-state index >= 15 is 0 Å². The summed E-state index contributed by atoms with van der Waals surface area (Å²) in [4.78, 5) is 10.8. The highest BCUT2D eigenvalue weighted by molar-refractivity contribution is 5.84. The Kier molecular flexibility index (Phi) is 3.69. The molecule has 0 amide bonds. The molecule has 21 heavy (non-hydrogen) atoms. The summed E-state index contributed by atoms with van der Waals surface area (Å²) < 4.78 is 11.1. The van der Waals surface area contributed by atoms with Crippen molar-refractivity contribution in [3.8, 4) is 5.75 Å². The van der Waals surface area contributed by atoms with Crippen LogP contribution < -0.4 is 4.74 Å². The average Bonchev–Trinajstić information content (AvgIpc) is 2.97. The first-order valence-electron chi connectivity index (χ1n) is 7.25. The topological polar surface area (TPSA) is 59.7 Å². The number of hydrogen-bond acceptors (Lipinski definition) is 3. The van der Waals surface area contributed by atoms with Gasteiger partial charge in [0.05, 0.1) is 0 Å². The average molecular weight is 286 g/mol. The minimum absolute atomic E-state index is 0.0640. The molecule has 0 fully saturated rings. The summed E-state index contributed by atoms with van der Waals surface area (Å²) in [5.41, 5.74) is 2.77. The lowest BCUT2D eigenvalue weighted by molar-refractivity contribution is 0.0655. The van der Waals surface area contributed by atoms with E-state index in [1.165, 1.54) is 30.0 Å². The summed E-state index contributed by atoms with van der Waals surface area (Å²) in [6.07, 6.45) is 4.41. The molecule has 1 aliphatic rings. The van der Waals surface area contributed by atoms with E-state index in [0.29, 0.717) is 5.76 Å². The molecule has 1 unspecified atom stereocenters. The number of carbonyl (C=O) groups is 1. The monoisotopic (exact) mass is 286 g/mol. The third-order valence-electron chi connectivity index (χ3n) is 3.87. The number of hydrogen-bond donors (Lipinski definition) is 1. The third-order valence-corrected chi connectivity index (χ3v) is 3.87. The second-order valence-electron chi connectivity index (χ2n) is 5.40. The van der Waals surface area contributed by atoms with Gasteiger partial charge in [0, 0.05) is 0 Å². The van der Waals surface area contributed by atoms with Gasteiger partial charge in [0.1, 0.15) is 11.5 Å². The van der Waals surface area contributed by atoms with Crippen molar-refractivity contribution in [2.75, 3.05) is 0 Å². The largest absolute Gasteiger partial charge is 0.483 e. The summed E-state index contributed by atoms with van der Waals surface area (Å²) in [6.45, 7) is 1.85. The Hall–Kier alpha value is -2.23. The van der Waals surface area contributed by atoms with Crippen LogP contribution in [0.3, 0.4) is 0 Å². The van der Waals surface area contributed by atoms with Crippen molar-refractivity contribution in [2.24, 2.45) is 0 Å². The van der Waals surface area contributed by atoms with Gasteiger partial charge in [-0.2, -0.15) is 0 Å². The van der Waals surface area contributed by atoms with Crippen LogP contribution in [-0.2, 0) is 12.8 Å². The maximum absolute atomic E-state index is 10.8. The molecule has 3 rings (SSSR count). The van der Waals surface area contributed by atoms with Crippen molar-refractivity contribution in [1.29, 1.82) is 0 Å². The maximum Gasteiger partial charge on any atom is 0.371 e. The fraction of sp³-hybridized carbons (Fsp3) is 0.353. The Bertz CT molecular complexity index is 657. The van der Waals surface area contributed by atoms with Gasteiger partial charge < -0.3 is 14.3 Å². The lowest BCUT2D eigenvalue weighted by Gasteiger charge is -2.18. The minimum atomic E-state index is -1.07. The maximum atomic E-state index is 10.8. The first kappa shape index (κ1) is 13.7. The highest BCUT2D eigenvalue weighted by atomic mass is 16.5. The van der Waals surface area contributed by atoms with Crippen molar-refractivity contribution < 1.29 is 19.1 Å². The van der Waals surface area contributed by atoms with Crippen molar-refractivity contribution >= 4 is 5.97 Å². The number of ether oxygens (including phenoxy) is 1. The number of fused-ring (bicyclic) bond motifs is 1. The quantitative estimate of drug-likeness (QED) is 0.923. The molecule has 4 heteroatoms. The molecule has 1 N–H and O–H groups in total. The van der Waals surface area contributed by atoms with E-state index in [1.807, 2.05) is 13.0 Å². The molecule has 2 aromatic rings. The van der Waals surface area contributed by atoms with Gasteiger partial charge >= 0.3 is 5.97 Å². The molecule has 1 atom stereocenters. The number of benzene rings is 1. The zero-order valence-electron chi connectivity index (χ0n) is 12.0. The predicted octanol–water partition coefficient (Wildman–Crippen LogP) is 4.00. The molecule has 1 aromatic carbocycles. The molecular weight excluding hydrogens is 268 g/mol. The SMILES string of the molecule is CC(Oc1ccc2c(c1)CCCC2)c1ccc(C(=O)O)o1. The van der Waals surface area contributed by atoms with Gasteiger partial charge in [0.25, 0.3) is 0 Å². The molecule has 4 nitrogen and oxygen atoms in total. The number of carboxylic acids is 1. The Morgan fingerprint density at radius 1 is 1.19 bits per heavy atom. The van der Waals surface area contributed by atoms with Gasteiger partial charge in [0.2, 0.25) is 5.76 Å². The Morgan fingerprint density at radius 3 is 2.67 bits per heavy atom. The van der Waals surface area contributed by atoms with Crippen LogP contribution in [0.1, 0.15) is 53.3 Å². The van der Waals surface area contributed by atoms with Gasteiger partial charge in [-0.15, -0.1) is 0 Å². The Morgan fingerprint density at radius 2 is 1.95 bits per heavy atom. The van der Waals surface area contributed by atoms with Crippen LogP contribution in [-0.4, -0.2) is 11.1 Å². The number of aryl methyl sites for hydroxylation is 2. The van der Waals surface area contributed by atoms with Crippen LogP contribution in [0.4, 0.5) is 0 Å². The van der Waals surface area contributed by atoms with Crippen molar-refractivity contribution in [3.05, 3.63) is 53.0 Å². The van der Waals surface area contributed by atoms with E-state index in [1.54, 1.807) is 6.07 Å². The Balaban J connectivity index is 1.74. The van der Waals surface area contributed by atoms with Crippen LogP contribution in [0.5, 0.6) is 5.75 Å². The fourth-order valence-corrected chi connectivity index (χ4v) is 2.73. The van der Waals surface area contributed by atoms with Crippen molar-refractivity contribution in [1.82, 2.24) is 0 Å². The van der Waals surface area contributed by atoms with Crippen molar-refractivity contribution in [2.45, 2.75) is 38.7 Å². The molecule has 1 heterocycles. The van der Waals surface area contributed by atoms with E-state index in [-0.39, 0.29) is 11.9 Å². The molecule has 0 radical (unpaired) electrons. The van der Waals surface area contributed by atoms with Crippen LogP contribution >= 0.6 is 0 Å². The van der Waals surface area contributed by atoms with E-state index in [4.69, 9.17) is 14.3 Å². The molecule has 1 aliphatic carbocycles. The summed E-state index contributed by atoms with van der Waals surface area (Å²) >= 11 is 0. The smallest absolute Gasteiger partial charge is 0.371 e. The van der Waals surface area contributed by atoms with E-state index < -0.39 is 5.97 Å². The van der Waals surface area contributed by atoms with Crippen LogP contribution in [0.2, 0.25) is 0 Å². The van der Waals surface area contributed by atoms with Gasteiger partial charge in [0.15, 0.2) is 6.10 Å². The van der Waals surface area contributed by atoms with Crippen molar-refractivity contribution in [3.63, 3.8) is 0 Å². The molecule has 0 bridgehead atoms. The normalized spacial score (nSPS) is 15.3. The third kappa shape index (κ3) is 2.94. The second-order valence-corrected chi connectivity index (χ2v) is 5.40. The van der Waals surface area contributed by atoms with E-state index in [9.17, 15) is 4.79 Å². The molecule has 110 valence electrons. The molecule has 1 aromatic heterocycles. The zero-order valence-corrected chi connectivity index (χ0v) is 12.0. The number of furan rings is 1. The lowest BCUT2D eigenvalue weighted by Crippen LogP contribution is -2.05. The summed E-state index contributed by atoms with van der Waals surface area (Å²) in [7, 11) is 0. The van der Waals surface area contributed by atoms with Gasteiger partial charge in [-0.3, -0.25) is 0 Å². The fourth-order valence-electron chi connectivity index (χ4n) is 2.73. The van der Waals surface area contributed by atoms with Gasteiger partial charge in [-0.05, 0) is 68.0 Å². The number of carboxylic acid groups (broad SMARTS) is 1. The van der Waals surface area contributed by atoms with Crippen LogP contribution in [0, 0.1) is 0 Å². The summed E-state index contributed by atoms with van der Waals surface area (Å²) in [5, 5.41) is 8.87. The lowest BCUT2D eigenvalue weighted by atomic mass is 9.92. The molecule has 0 saturated heterocycles. The standard InChI is InChI=1S/C17H18O4/c1-11(15-8-9-16(21-15)17(18)19)20-14-7-6-12-4-2-3-5-13(12)10-14/h6-11H,2-5H2,1H3,(H,18,19). The molecule has 0 saturated carbocycles. The summed E-state index contributed by atoms with van der Waals surface area (Å²) in [6, 6.07) is 9.28. The molecule has 0 aliphatic heterocycles. The first-order valence-corrected chi connectivity index (χ1v) is 7.25. The molecule has 0 spiro atoms. The van der Waals surface area contributed by atoms with Gasteiger partial charge in [-0.25, -0.2) is 4.79 Å². The number of rotatable bonds is 4. The zero-order chi connectivity index (χ0) is 14.8. The highest BCUT2D eigenvalue weighted by Crippen LogP contribution is 2.28. The predicted molar refractivity (Wildman–Crippen MR) is 77.8 cm³/mol. The minimum Gasteiger partial charge on any atom is -0.483 e. The van der Waals surface area contributed by atoms with Crippen LogP contribution in [0.15, 0.2) is 34.7 Å². The van der Waals surface area contributed by atoms with E-state index in [0.717, 1.165) is 18.6 Å². The Labute approximate surface area is 123 Å². The number of aromatic carboxylic acids is 1. The van der Waals surface area contributed by atoms with E-state index in [2.05, 4.69) is 12.1 Å². The highest BCUT2D eigenvalue weighted by Gasteiger charge is 2.16. The van der Waals surface area contributed by atoms with Crippen LogP contribution in [0.25, 0.3) is 0 Å². The first-order chi connectivity index (χ1) is 10.1.